The van der Waals surface area contributed by atoms with Crippen LogP contribution in [-0.2, 0) is 0 Å². The van der Waals surface area contributed by atoms with E-state index in [9.17, 15) is 0 Å². The zero-order valence-electron chi connectivity index (χ0n) is 23.4. The van der Waals surface area contributed by atoms with Gasteiger partial charge in [-0.05, 0) is 70.4 Å². The largest absolute Gasteiger partial charge is 0.323 e. The maximum absolute atomic E-state index is 4.62. The minimum Gasteiger partial charge on any atom is -0.323 e. The second-order valence-corrected chi connectivity index (χ2v) is 11.1. The van der Waals surface area contributed by atoms with Gasteiger partial charge < -0.3 is 9.47 Å². The molecular weight excluding hydrogens is 508 g/mol. The number of nitrogens with zero attached hydrogens (tertiary/aromatic N) is 2. The van der Waals surface area contributed by atoms with Gasteiger partial charge in [-0.2, -0.15) is 0 Å². The highest BCUT2D eigenvalue weighted by atomic mass is 15.1. The van der Waals surface area contributed by atoms with Crippen molar-refractivity contribution in [1.29, 1.82) is 0 Å². The number of anilines is 1. The molecule has 200 valence electrons. The first-order chi connectivity index (χ1) is 20.7. The molecule has 0 unspecified atom stereocenters. The van der Waals surface area contributed by atoms with Gasteiger partial charge in [-0.25, -0.2) is 0 Å². The first kappa shape index (κ1) is 24.5. The lowest BCUT2D eigenvalue weighted by Gasteiger charge is -2.21. The van der Waals surface area contributed by atoms with Gasteiger partial charge in [0.1, 0.15) is 0 Å². The van der Waals surface area contributed by atoms with Gasteiger partial charge >= 0.3 is 0 Å². The maximum atomic E-state index is 4.62. The van der Waals surface area contributed by atoms with Crippen LogP contribution >= 0.6 is 0 Å². The molecule has 3 aliphatic rings. The van der Waals surface area contributed by atoms with E-state index >= 15 is 0 Å². The van der Waals surface area contributed by atoms with E-state index in [-0.39, 0.29) is 0 Å². The fourth-order valence-electron chi connectivity index (χ4n) is 6.77. The number of fused-ring (bicyclic) bond motifs is 8. The monoisotopic (exact) mass is 538 g/mol. The van der Waals surface area contributed by atoms with Crippen molar-refractivity contribution in [2.24, 2.45) is 0 Å². The molecule has 0 spiro atoms. The van der Waals surface area contributed by atoms with Crippen LogP contribution in [0.2, 0.25) is 0 Å². The molecule has 42 heavy (non-hydrogen) atoms. The van der Waals surface area contributed by atoms with Crippen molar-refractivity contribution < 1.29 is 0 Å². The van der Waals surface area contributed by atoms with Crippen molar-refractivity contribution in [3.63, 3.8) is 0 Å². The molecule has 4 aromatic carbocycles. The number of hydrogen-bond acceptors (Lipinski definition) is 1. The lowest BCUT2D eigenvalue weighted by atomic mass is 9.89. The summed E-state index contributed by atoms with van der Waals surface area (Å²) in [4.78, 5) is 2.24. The molecule has 8 rings (SSSR count). The van der Waals surface area contributed by atoms with Crippen molar-refractivity contribution in [3.05, 3.63) is 169 Å². The van der Waals surface area contributed by atoms with E-state index in [1.54, 1.807) is 0 Å². The van der Waals surface area contributed by atoms with Crippen LogP contribution < -0.4 is 4.90 Å². The van der Waals surface area contributed by atoms with Crippen molar-refractivity contribution >= 4 is 44.7 Å². The average molecular weight is 539 g/mol. The summed E-state index contributed by atoms with van der Waals surface area (Å²) in [6, 6.07) is 32.5. The second kappa shape index (κ2) is 9.64. The zero-order chi connectivity index (χ0) is 28.2. The third-order valence-electron chi connectivity index (χ3n) is 8.77. The van der Waals surface area contributed by atoms with Crippen molar-refractivity contribution in [2.45, 2.75) is 12.8 Å². The first-order valence-electron chi connectivity index (χ1n) is 14.6. The van der Waals surface area contributed by atoms with Gasteiger partial charge in [0.05, 0.1) is 16.9 Å². The summed E-state index contributed by atoms with van der Waals surface area (Å²) in [5.74, 6) is 0. The Morgan fingerprint density at radius 1 is 0.667 bits per heavy atom. The molecule has 1 aromatic heterocycles. The molecule has 2 heteroatoms. The van der Waals surface area contributed by atoms with E-state index in [2.05, 4.69) is 156 Å². The van der Waals surface area contributed by atoms with Crippen LogP contribution in [0.5, 0.6) is 0 Å². The molecule has 3 heterocycles. The highest BCUT2D eigenvalue weighted by Gasteiger charge is 2.29. The molecule has 0 N–H and O–H groups in total. The minimum absolute atomic E-state index is 0.972. The topological polar surface area (TPSA) is 8.17 Å². The van der Waals surface area contributed by atoms with Gasteiger partial charge in [-0.3, -0.25) is 0 Å². The Labute approximate surface area is 246 Å². The van der Waals surface area contributed by atoms with Crippen LogP contribution in [0, 0.1) is 0 Å². The van der Waals surface area contributed by atoms with Crippen molar-refractivity contribution in [1.82, 2.24) is 4.57 Å². The van der Waals surface area contributed by atoms with E-state index in [1.165, 1.54) is 49.6 Å². The lowest BCUT2D eigenvalue weighted by Crippen LogP contribution is -2.08. The summed E-state index contributed by atoms with van der Waals surface area (Å²) >= 11 is 0. The first-order valence-corrected chi connectivity index (χ1v) is 14.6. The predicted molar refractivity (Wildman–Crippen MR) is 180 cm³/mol. The molecule has 0 fully saturated rings. The Morgan fingerprint density at radius 3 is 2.29 bits per heavy atom. The van der Waals surface area contributed by atoms with Gasteiger partial charge in [0.25, 0.3) is 0 Å². The molecule has 2 nitrogen and oxygen atoms in total. The fourth-order valence-corrected chi connectivity index (χ4v) is 6.77. The summed E-state index contributed by atoms with van der Waals surface area (Å²) in [6.45, 7) is 9.20. The summed E-state index contributed by atoms with van der Waals surface area (Å²) in [5.41, 5.74) is 12.7. The molecule has 0 atom stereocenters. The van der Waals surface area contributed by atoms with Crippen LogP contribution in [0.25, 0.3) is 50.1 Å². The van der Waals surface area contributed by atoms with E-state index in [0.717, 1.165) is 40.9 Å². The average Bonchev–Trinajstić information content (AvgIpc) is 3.33. The molecule has 5 aromatic rings. The third-order valence-corrected chi connectivity index (χ3v) is 8.77. The van der Waals surface area contributed by atoms with E-state index in [0.29, 0.717) is 0 Å². The molecule has 0 amide bonds. The van der Waals surface area contributed by atoms with Crippen molar-refractivity contribution in [3.8, 4) is 11.1 Å². The Kier molecular flexibility index (Phi) is 5.61. The highest BCUT2D eigenvalue weighted by Crippen LogP contribution is 2.46. The Hall–Kier alpha value is -5.34. The summed E-state index contributed by atoms with van der Waals surface area (Å²) in [7, 11) is 0. The minimum atomic E-state index is 0.972. The van der Waals surface area contributed by atoms with Crippen molar-refractivity contribution in [2.75, 3.05) is 4.90 Å². The number of rotatable bonds is 2. The number of benzene rings is 4. The van der Waals surface area contributed by atoms with E-state index < -0.39 is 0 Å². The third kappa shape index (κ3) is 3.65. The molecule has 0 saturated carbocycles. The number of hydrogen-bond donors (Lipinski definition) is 0. The summed E-state index contributed by atoms with van der Waals surface area (Å²) in [6.07, 6.45) is 17.5. The molecule has 0 radical (unpaired) electrons. The van der Waals surface area contributed by atoms with Gasteiger partial charge in [0, 0.05) is 40.0 Å². The Bertz CT molecular complexity index is 2110. The van der Waals surface area contributed by atoms with Crippen LogP contribution in [0.4, 0.5) is 5.69 Å². The molecule has 2 aliphatic heterocycles. The van der Waals surface area contributed by atoms with Gasteiger partial charge in [-0.1, -0.05) is 110 Å². The smallest absolute Gasteiger partial charge is 0.0611 e. The molecule has 2 bridgehead atoms. The van der Waals surface area contributed by atoms with Gasteiger partial charge in [0.15, 0.2) is 0 Å². The number of para-hydroxylation sites is 1. The van der Waals surface area contributed by atoms with Gasteiger partial charge in [-0.15, -0.1) is 0 Å². The molecule has 0 saturated heterocycles. The second-order valence-electron chi connectivity index (χ2n) is 11.1. The van der Waals surface area contributed by atoms with Crippen LogP contribution in [0.1, 0.15) is 24.1 Å². The van der Waals surface area contributed by atoms with Crippen LogP contribution in [0.3, 0.4) is 0 Å². The molecule has 1 aliphatic carbocycles. The summed E-state index contributed by atoms with van der Waals surface area (Å²) in [5, 5.41) is 3.66. The Balaban J connectivity index is 1.40. The zero-order valence-corrected chi connectivity index (χ0v) is 23.4. The highest BCUT2D eigenvalue weighted by molar-refractivity contribution is 6.06. The lowest BCUT2D eigenvalue weighted by molar-refractivity contribution is 0.947. The normalized spacial score (nSPS) is 16.2. The van der Waals surface area contributed by atoms with E-state index in [1.807, 2.05) is 0 Å². The van der Waals surface area contributed by atoms with Gasteiger partial charge in [0.2, 0.25) is 0 Å². The summed E-state index contributed by atoms with van der Waals surface area (Å²) < 4.78 is 2.45. The quantitative estimate of drug-likeness (QED) is 0.217. The maximum Gasteiger partial charge on any atom is 0.0611 e. The molecular formula is C40H30N2. The number of allylic oxidation sites excluding steroid dienone is 9. The van der Waals surface area contributed by atoms with Crippen LogP contribution in [-0.4, -0.2) is 4.57 Å². The fraction of sp³-hybridized carbons (Fsp3) is 0.0500. The van der Waals surface area contributed by atoms with E-state index in [4.69, 9.17) is 0 Å². The number of aromatic nitrogens is 1. The Morgan fingerprint density at radius 2 is 1.43 bits per heavy atom. The standard InChI is InChI=1S/C40H30N2/c1-27-28(2)40-36-24-26-41(37-23-22-31(29-13-4-3-5-14-29)32-15-6-7-17-34(32)37)25-12-19-30(27)33-16-8-10-20-38(33)42(40)39-21-11-9-18-35(36)39/h3-9,11-19,21-26H,1-2,10,20H2. The van der Waals surface area contributed by atoms with Crippen LogP contribution in [0.15, 0.2) is 158 Å². The SMILES string of the molecule is C=C1C(=C)c2c3c4ccccc4n2C2=C(C=CCC2)C1=CC=CN(c1ccc(-c2ccccc2)c2ccccc12)C=C3. The predicted octanol–water partition coefficient (Wildman–Crippen LogP) is 10.5.